The molecular formula is C22H18F3N3O2. The number of nitrogens with zero attached hydrogens (tertiary/aromatic N) is 3. The molecule has 8 heteroatoms. The average molecular weight is 413 g/mol. The highest BCUT2D eigenvalue weighted by molar-refractivity contribution is 5.94. The van der Waals surface area contributed by atoms with Gasteiger partial charge in [-0.1, -0.05) is 6.07 Å². The van der Waals surface area contributed by atoms with Crippen molar-refractivity contribution >= 4 is 11.7 Å². The first-order valence-corrected chi connectivity index (χ1v) is 9.31. The minimum Gasteiger partial charge on any atom is -0.318 e. The summed E-state index contributed by atoms with van der Waals surface area (Å²) in [5, 5.41) is 0. The highest BCUT2D eigenvalue weighted by Crippen LogP contribution is 2.28. The van der Waals surface area contributed by atoms with E-state index in [2.05, 4.69) is 0 Å². The number of hydrogen-bond donors (Lipinski definition) is 0. The van der Waals surface area contributed by atoms with Gasteiger partial charge in [-0.25, -0.2) is 18.0 Å². The Kier molecular flexibility index (Phi) is 5.07. The average Bonchev–Trinajstić information content (AvgIpc) is 3.07. The number of anilines is 1. The zero-order chi connectivity index (χ0) is 21.4. The van der Waals surface area contributed by atoms with Crippen molar-refractivity contribution in [3.05, 3.63) is 88.0 Å². The van der Waals surface area contributed by atoms with Crippen molar-refractivity contribution < 1.29 is 18.0 Å². The molecule has 3 aromatic rings. The summed E-state index contributed by atoms with van der Waals surface area (Å²) < 4.78 is 43.4. The van der Waals surface area contributed by atoms with Gasteiger partial charge in [0.15, 0.2) is 0 Å². The minimum absolute atomic E-state index is 0.0778. The number of benzene rings is 2. The van der Waals surface area contributed by atoms with Crippen LogP contribution >= 0.6 is 0 Å². The number of carbonyl (C=O) groups is 1. The van der Waals surface area contributed by atoms with Crippen molar-refractivity contribution in [1.29, 1.82) is 0 Å². The third-order valence-corrected chi connectivity index (χ3v) is 5.19. The number of urea groups is 1. The van der Waals surface area contributed by atoms with Gasteiger partial charge in [-0.15, -0.1) is 0 Å². The molecule has 4 rings (SSSR count). The van der Waals surface area contributed by atoms with Crippen LogP contribution < -0.4 is 10.5 Å². The Hall–Kier alpha value is -3.55. The van der Waals surface area contributed by atoms with Gasteiger partial charge in [0, 0.05) is 43.0 Å². The minimum atomic E-state index is -0.591. The lowest BCUT2D eigenvalue weighted by molar-refractivity contribution is 0.218. The number of carbonyl (C=O) groups excluding carboxylic acids is 1. The maximum atomic E-state index is 14.8. The molecule has 0 unspecified atom stereocenters. The number of pyridine rings is 1. The van der Waals surface area contributed by atoms with Gasteiger partial charge in [-0.2, -0.15) is 0 Å². The van der Waals surface area contributed by atoms with Crippen LogP contribution in [0.5, 0.6) is 0 Å². The molecule has 1 saturated heterocycles. The van der Waals surface area contributed by atoms with E-state index < -0.39 is 23.5 Å². The van der Waals surface area contributed by atoms with E-state index in [-0.39, 0.29) is 23.2 Å². The van der Waals surface area contributed by atoms with E-state index in [0.29, 0.717) is 24.5 Å². The summed E-state index contributed by atoms with van der Waals surface area (Å²) in [6.45, 7) is 0.509. The third kappa shape index (κ3) is 3.56. The SMILES string of the molecule is Cn1c(-c2ccc(N3CCN(Cc4cc(F)ccc4F)C3=O)cc2F)cccc1=O. The molecule has 0 saturated carbocycles. The lowest BCUT2D eigenvalue weighted by Crippen LogP contribution is -2.31. The second kappa shape index (κ2) is 7.70. The zero-order valence-corrected chi connectivity index (χ0v) is 16.1. The van der Waals surface area contributed by atoms with Gasteiger partial charge in [0.05, 0.1) is 12.2 Å². The van der Waals surface area contributed by atoms with Gasteiger partial charge >= 0.3 is 6.03 Å². The summed E-state index contributed by atoms with van der Waals surface area (Å²) in [7, 11) is 1.55. The number of rotatable bonds is 4. The van der Waals surface area contributed by atoms with E-state index in [4.69, 9.17) is 0 Å². The van der Waals surface area contributed by atoms with E-state index in [0.717, 1.165) is 18.2 Å². The van der Waals surface area contributed by atoms with Crippen LogP contribution in [0.25, 0.3) is 11.3 Å². The van der Waals surface area contributed by atoms with Crippen molar-refractivity contribution in [3.8, 4) is 11.3 Å². The quantitative estimate of drug-likeness (QED) is 0.651. The van der Waals surface area contributed by atoms with Crippen molar-refractivity contribution in [2.75, 3.05) is 18.0 Å². The smallest absolute Gasteiger partial charge is 0.318 e. The first kappa shape index (κ1) is 19.8. The van der Waals surface area contributed by atoms with E-state index in [1.807, 2.05) is 0 Å². The van der Waals surface area contributed by atoms with Gasteiger partial charge in [0.1, 0.15) is 17.5 Å². The molecule has 2 aromatic carbocycles. The van der Waals surface area contributed by atoms with Crippen LogP contribution in [-0.2, 0) is 13.6 Å². The van der Waals surface area contributed by atoms with Crippen LogP contribution in [0.3, 0.4) is 0 Å². The molecule has 154 valence electrons. The molecule has 1 fully saturated rings. The predicted octanol–water partition coefficient (Wildman–Crippen LogP) is 3.91. The van der Waals surface area contributed by atoms with Crippen LogP contribution in [0.4, 0.5) is 23.7 Å². The topological polar surface area (TPSA) is 45.5 Å². The summed E-state index contributed by atoms with van der Waals surface area (Å²) in [5.41, 5.74) is 0.832. The van der Waals surface area contributed by atoms with E-state index >= 15 is 0 Å². The second-order valence-electron chi connectivity index (χ2n) is 7.06. The highest BCUT2D eigenvalue weighted by Gasteiger charge is 2.30. The predicted molar refractivity (Wildman–Crippen MR) is 107 cm³/mol. The zero-order valence-electron chi connectivity index (χ0n) is 16.1. The van der Waals surface area contributed by atoms with Crippen molar-refractivity contribution in [1.82, 2.24) is 9.47 Å². The van der Waals surface area contributed by atoms with Crippen molar-refractivity contribution in [2.24, 2.45) is 7.05 Å². The fourth-order valence-corrected chi connectivity index (χ4v) is 3.55. The van der Waals surface area contributed by atoms with E-state index in [1.54, 1.807) is 25.2 Å². The maximum absolute atomic E-state index is 14.8. The number of halogens is 3. The molecule has 2 amide bonds. The largest absolute Gasteiger partial charge is 0.324 e. The van der Waals surface area contributed by atoms with Gasteiger partial charge in [-0.3, -0.25) is 9.69 Å². The fourth-order valence-electron chi connectivity index (χ4n) is 3.55. The summed E-state index contributed by atoms with van der Waals surface area (Å²) in [6, 6.07) is 11.6. The summed E-state index contributed by atoms with van der Waals surface area (Å²) in [5.74, 6) is -1.74. The molecule has 0 radical (unpaired) electrons. The second-order valence-corrected chi connectivity index (χ2v) is 7.06. The molecule has 1 aromatic heterocycles. The van der Waals surface area contributed by atoms with Gasteiger partial charge in [-0.05, 0) is 42.5 Å². The molecule has 0 bridgehead atoms. The van der Waals surface area contributed by atoms with Gasteiger partial charge in [0.25, 0.3) is 5.56 Å². The van der Waals surface area contributed by atoms with Gasteiger partial charge < -0.3 is 9.47 Å². The summed E-state index contributed by atoms with van der Waals surface area (Å²) in [6.07, 6.45) is 0. The Balaban J connectivity index is 1.57. The van der Waals surface area contributed by atoms with Crippen LogP contribution in [0.1, 0.15) is 5.56 Å². The fraction of sp³-hybridized carbons (Fsp3) is 0.182. The van der Waals surface area contributed by atoms with Crippen LogP contribution in [-0.4, -0.2) is 28.6 Å². The molecular weight excluding hydrogens is 395 g/mol. The highest BCUT2D eigenvalue weighted by atomic mass is 19.1. The monoisotopic (exact) mass is 413 g/mol. The molecule has 1 aliphatic rings. The normalized spacial score (nSPS) is 13.9. The number of amides is 2. The Morgan fingerprint density at radius 2 is 1.70 bits per heavy atom. The Morgan fingerprint density at radius 1 is 0.900 bits per heavy atom. The van der Waals surface area contributed by atoms with Gasteiger partial charge in [0.2, 0.25) is 0 Å². The molecule has 0 spiro atoms. The van der Waals surface area contributed by atoms with Crippen LogP contribution in [0.15, 0.2) is 59.4 Å². The maximum Gasteiger partial charge on any atom is 0.324 e. The molecule has 1 aliphatic heterocycles. The molecule has 30 heavy (non-hydrogen) atoms. The van der Waals surface area contributed by atoms with Crippen LogP contribution in [0, 0.1) is 17.5 Å². The van der Waals surface area contributed by atoms with Crippen molar-refractivity contribution in [2.45, 2.75) is 6.54 Å². The summed E-state index contributed by atoms with van der Waals surface area (Å²) >= 11 is 0. The molecule has 0 N–H and O–H groups in total. The molecule has 0 atom stereocenters. The Bertz CT molecular complexity index is 1190. The molecule has 0 aliphatic carbocycles. The standard InChI is InChI=1S/C22H18F3N3O2/c1-26-20(3-2-4-21(26)29)17-7-6-16(12-19(17)25)28-10-9-27(22(28)30)13-14-11-15(23)5-8-18(14)24/h2-8,11-12H,9-10,13H2,1H3. The summed E-state index contributed by atoms with van der Waals surface area (Å²) in [4.78, 5) is 27.3. The lowest BCUT2D eigenvalue weighted by atomic mass is 10.1. The Labute approximate surface area is 170 Å². The van der Waals surface area contributed by atoms with Crippen LogP contribution in [0.2, 0.25) is 0 Å². The number of hydrogen-bond acceptors (Lipinski definition) is 2. The third-order valence-electron chi connectivity index (χ3n) is 5.19. The first-order chi connectivity index (χ1) is 14.3. The molecule has 2 heterocycles. The van der Waals surface area contributed by atoms with E-state index in [9.17, 15) is 22.8 Å². The van der Waals surface area contributed by atoms with Crippen molar-refractivity contribution in [3.63, 3.8) is 0 Å². The Morgan fingerprint density at radius 3 is 2.47 bits per heavy atom. The lowest BCUT2D eigenvalue weighted by Gasteiger charge is -2.20. The first-order valence-electron chi connectivity index (χ1n) is 9.31. The number of aromatic nitrogens is 1. The van der Waals surface area contributed by atoms with E-state index in [1.165, 1.54) is 32.6 Å². The molecule has 5 nitrogen and oxygen atoms in total.